The highest BCUT2D eigenvalue weighted by Gasteiger charge is 2.18. The van der Waals surface area contributed by atoms with E-state index in [-0.39, 0.29) is 6.61 Å². The summed E-state index contributed by atoms with van der Waals surface area (Å²) in [6.45, 7) is 0.234. The third kappa shape index (κ3) is 2.10. The number of hydrogen-bond acceptors (Lipinski definition) is 2. The molecule has 0 aromatic rings. The first kappa shape index (κ1) is 7.73. The monoisotopic (exact) mass is 142 g/mol. The molecule has 1 N–H and O–H groups in total. The Morgan fingerprint density at radius 1 is 1.60 bits per heavy atom. The molecule has 2 heteroatoms. The van der Waals surface area contributed by atoms with Crippen LogP contribution >= 0.6 is 0 Å². The third-order valence-electron chi connectivity index (χ3n) is 2.12. The van der Waals surface area contributed by atoms with Crippen molar-refractivity contribution in [1.82, 2.24) is 0 Å². The third-order valence-corrected chi connectivity index (χ3v) is 2.12. The Hall–Kier alpha value is -0.370. The molecule has 0 amide bonds. The van der Waals surface area contributed by atoms with E-state index in [1.807, 2.05) is 0 Å². The van der Waals surface area contributed by atoms with Gasteiger partial charge in [-0.05, 0) is 25.2 Å². The second kappa shape index (κ2) is 3.71. The summed E-state index contributed by atoms with van der Waals surface area (Å²) in [7, 11) is 0. The lowest BCUT2D eigenvalue weighted by Gasteiger charge is -2.19. The van der Waals surface area contributed by atoms with Gasteiger partial charge in [-0.15, -0.1) is 0 Å². The van der Waals surface area contributed by atoms with Gasteiger partial charge in [0.15, 0.2) is 0 Å². The molecule has 58 valence electrons. The molecule has 1 aliphatic carbocycles. The predicted molar refractivity (Wildman–Crippen MR) is 38.7 cm³/mol. The summed E-state index contributed by atoms with van der Waals surface area (Å²) in [4.78, 5) is 10.9. The molecule has 10 heavy (non-hydrogen) atoms. The fourth-order valence-corrected chi connectivity index (χ4v) is 1.54. The van der Waals surface area contributed by atoms with Crippen LogP contribution in [0.4, 0.5) is 0 Å². The summed E-state index contributed by atoms with van der Waals surface area (Å²) in [6, 6.07) is 0. The first-order valence-electron chi connectivity index (χ1n) is 3.95. The van der Waals surface area contributed by atoms with E-state index in [1.165, 1.54) is 0 Å². The second-order valence-corrected chi connectivity index (χ2v) is 3.01. The summed E-state index contributed by atoms with van der Waals surface area (Å²) in [6.07, 6.45) is 4.45. The molecule has 0 unspecified atom stereocenters. The highest BCUT2D eigenvalue weighted by atomic mass is 16.3. The van der Waals surface area contributed by atoms with Crippen LogP contribution in [0.3, 0.4) is 0 Å². The fraction of sp³-hybridized carbons (Fsp3) is 0.875. The first-order chi connectivity index (χ1) is 4.83. The Labute approximate surface area is 61.2 Å². The minimum absolute atomic E-state index is 0.234. The van der Waals surface area contributed by atoms with Gasteiger partial charge in [-0.3, -0.25) is 4.79 Å². The summed E-state index contributed by atoms with van der Waals surface area (Å²) in [5.41, 5.74) is 0. The molecule has 0 aromatic carbocycles. The van der Waals surface area contributed by atoms with Crippen LogP contribution in [0.2, 0.25) is 0 Å². The lowest BCUT2D eigenvalue weighted by molar-refractivity contribution is -0.121. The van der Waals surface area contributed by atoms with Crippen molar-refractivity contribution in [3.8, 4) is 0 Å². The molecular weight excluding hydrogens is 128 g/mol. The summed E-state index contributed by atoms with van der Waals surface area (Å²) in [5, 5.41) is 8.59. The molecule has 1 aliphatic rings. The van der Waals surface area contributed by atoms with Crippen molar-refractivity contribution in [2.45, 2.75) is 32.1 Å². The Morgan fingerprint density at radius 3 is 3.00 bits per heavy atom. The normalized spacial score (nSPS) is 26.9. The van der Waals surface area contributed by atoms with Crippen LogP contribution in [0.25, 0.3) is 0 Å². The van der Waals surface area contributed by atoms with Gasteiger partial charge < -0.3 is 5.11 Å². The van der Waals surface area contributed by atoms with Crippen molar-refractivity contribution >= 4 is 5.78 Å². The minimum atomic E-state index is 0.234. The molecule has 2 nitrogen and oxygen atoms in total. The molecule has 1 atom stereocenters. The average molecular weight is 142 g/mol. The molecule has 1 rings (SSSR count). The molecular formula is C8H14O2. The van der Waals surface area contributed by atoms with E-state index in [9.17, 15) is 4.79 Å². The first-order valence-corrected chi connectivity index (χ1v) is 3.95. The van der Waals surface area contributed by atoms with E-state index in [0.717, 1.165) is 25.7 Å². The van der Waals surface area contributed by atoms with Crippen LogP contribution in [0, 0.1) is 5.92 Å². The number of hydrogen-bond donors (Lipinski definition) is 1. The largest absolute Gasteiger partial charge is 0.396 e. The highest BCUT2D eigenvalue weighted by Crippen LogP contribution is 2.23. The van der Waals surface area contributed by atoms with Gasteiger partial charge in [0.05, 0.1) is 0 Å². The van der Waals surface area contributed by atoms with Crippen LogP contribution in [0.1, 0.15) is 32.1 Å². The Bertz CT molecular complexity index is 118. The van der Waals surface area contributed by atoms with E-state index >= 15 is 0 Å². The van der Waals surface area contributed by atoms with E-state index in [0.29, 0.717) is 18.1 Å². The summed E-state index contributed by atoms with van der Waals surface area (Å²) >= 11 is 0. The quantitative estimate of drug-likeness (QED) is 0.627. The Kier molecular flexibility index (Phi) is 2.87. The maximum atomic E-state index is 10.9. The van der Waals surface area contributed by atoms with Crippen molar-refractivity contribution < 1.29 is 9.90 Å². The Balaban J connectivity index is 2.25. The van der Waals surface area contributed by atoms with Gasteiger partial charge in [-0.1, -0.05) is 0 Å². The average Bonchev–Trinajstić information content (AvgIpc) is 1.88. The molecule has 0 aliphatic heterocycles. The van der Waals surface area contributed by atoms with E-state index < -0.39 is 0 Å². The molecule has 0 radical (unpaired) electrons. The van der Waals surface area contributed by atoms with Gasteiger partial charge in [0.25, 0.3) is 0 Å². The smallest absolute Gasteiger partial charge is 0.133 e. The van der Waals surface area contributed by atoms with Crippen LogP contribution in [0.5, 0.6) is 0 Å². The van der Waals surface area contributed by atoms with Crippen molar-refractivity contribution in [3.05, 3.63) is 0 Å². The SMILES string of the molecule is O=C1CCC[C@H](CCO)C1. The molecule has 0 bridgehead atoms. The zero-order valence-electron chi connectivity index (χ0n) is 6.18. The summed E-state index contributed by atoms with van der Waals surface area (Å²) in [5.74, 6) is 0.857. The molecule has 0 aromatic heterocycles. The molecule has 0 spiro atoms. The van der Waals surface area contributed by atoms with Gasteiger partial charge in [0.2, 0.25) is 0 Å². The zero-order valence-corrected chi connectivity index (χ0v) is 6.18. The Morgan fingerprint density at radius 2 is 2.40 bits per heavy atom. The molecule has 1 fully saturated rings. The maximum Gasteiger partial charge on any atom is 0.133 e. The van der Waals surface area contributed by atoms with Crippen LogP contribution < -0.4 is 0 Å². The zero-order chi connectivity index (χ0) is 7.40. The van der Waals surface area contributed by atoms with E-state index in [4.69, 9.17) is 5.11 Å². The van der Waals surface area contributed by atoms with E-state index in [2.05, 4.69) is 0 Å². The van der Waals surface area contributed by atoms with Crippen LogP contribution in [-0.2, 0) is 4.79 Å². The van der Waals surface area contributed by atoms with E-state index in [1.54, 1.807) is 0 Å². The number of rotatable bonds is 2. The molecule has 0 saturated heterocycles. The number of ketones is 1. The maximum absolute atomic E-state index is 10.9. The van der Waals surface area contributed by atoms with Gasteiger partial charge >= 0.3 is 0 Å². The van der Waals surface area contributed by atoms with Crippen molar-refractivity contribution in [1.29, 1.82) is 0 Å². The van der Waals surface area contributed by atoms with Crippen molar-refractivity contribution in [3.63, 3.8) is 0 Å². The fourth-order valence-electron chi connectivity index (χ4n) is 1.54. The molecule has 1 saturated carbocycles. The number of aliphatic hydroxyl groups excluding tert-OH is 1. The van der Waals surface area contributed by atoms with Gasteiger partial charge in [0, 0.05) is 19.4 Å². The number of carbonyl (C=O) groups is 1. The number of Topliss-reactive ketones (excluding diaryl/α,β-unsaturated/α-hetero) is 1. The predicted octanol–water partition coefficient (Wildman–Crippen LogP) is 1.13. The minimum Gasteiger partial charge on any atom is -0.396 e. The van der Waals surface area contributed by atoms with Crippen LogP contribution in [0.15, 0.2) is 0 Å². The number of aliphatic hydroxyl groups is 1. The topological polar surface area (TPSA) is 37.3 Å². The van der Waals surface area contributed by atoms with Crippen molar-refractivity contribution in [2.75, 3.05) is 6.61 Å². The lowest BCUT2D eigenvalue weighted by Crippen LogP contribution is -2.15. The standard InChI is InChI=1S/C8H14O2/c9-5-4-7-2-1-3-8(10)6-7/h7,9H,1-6H2/t7-/m1/s1. The molecule has 0 heterocycles. The highest BCUT2D eigenvalue weighted by molar-refractivity contribution is 5.79. The van der Waals surface area contributed by atoms with Crippen molar-refractivity contribution in [2.24, 2.45) is 5.92 Å². The van der Waals surface area contributed by atoms with Gasteiger partial charge in [-0.2, -0.15) is 0 Å². The second-order valence-electron chi connectivity index (χ2n) is 3.01. The van der Waals surface area contributed by atoms with Gasteiger partial charge in [0.1, 0.15) is 5.78 Å². The number of carbonyl (C=O) groups excluding carboxylic acids is 1. The lowest BCUT2D eigenvalue weighted by atomic mass is 9.86. The summed E-state index contributed by atoms with van der Waals surface area (Å²) < 4.78 is 0. The van der Waals surface area contributed by atoms with Gasteiger partial charge in [-0.25, -0.2) is 0 Å². The van der Waals surface area contributed by atoms with Crippen LogP contribution in [-0.4, -0.2) is 17.5 Å².